The third kappa shape index (κ3) is 2.94. The number of rotatable bonds is 3. The molecule has 0 aromatic carbocycles. The van der Waals surface area contributed by atoms with E-state index >= 15 is 0 Å². The molecule has 0 bridgehead atoms. The normalized spacial score (nSPS) is 20.6. The number of anilines is 2. The first kappa shape index (κ1) is 13.6. The molecule has 5 heteroatoms. The van der Waals surface area contributed by atoms with Gasteiger partial charge < -0.3 is 10.2 Å². The zero-order valence-corrected chi connectivity index (χ0v) is 12.7. The zero-order valence-electron chi connectivity index (χ0n) is 11.1. The monoisotopic (exact) mass is 312 g/mol. The maximum absolute atomic E-state index is 4.46. The van der Waals surface area contributed by atoms with Gasteiger partial charge in [0.2, 0.25) is 0 Å². The fourth-order valence-corrected chi connectivity index (χ4v) is 3.01. The van der Waals surface area contributed by atoms with Crippen LogP contribution < -0.4 is 10.2 Å². The van der Waals surface area contributed by atoms with Gasteiger partial charge in [-0.1, -0.05) is 12.8 Å². The SMILES string of the molecule is CCNc1ncnc(N2CCCCCC2C)c1Br. The van der Waals surface area contributed by atoms with E-state index in [9.17, 15) is 0 Å². The molecule has 1 aromatic heterocycles. The van der Waals surface area contributed by atoms with Crippen LogP contribution in [-0.2, 0) is 0 Å². The summed E-state index contributed by atoms with van der Waals surface area (Å²) >= 11 is 3.64. The maximum atomic E-state index is 4.46. The van der Waals surface area contributed by atoms with Gasteiger partial charge in [0, 0.05) is 19.1 Å². The van der Waals surface area contributed by atoms with E-state index in [0.717, 1.165) is 29.2 Å². The summed E-state index contributed by atoms with van der Waals surface area (Å²) in [4.78, 5) is 11.1. The summed E-state index contributed by atoms with van der Waals surface area (Å²) in [5, 5.41) is 3.26. The van der Waals surface area contributed by atoms with Crippen molar-refractivity contribution in [3.63, 3.8) is 0 Å². The van der Waals surface area contributed by atoms with Gasteiger partial charge in [-0.3, -0.25) is 0 Å². The molecule has 1 fully saturated rings. The molecule has 0 spiro atoms. The summed E-state index contributed by atoms with van der Waals surface area (Å²) in [6.07, 6.45) is 6.78. The Bertz CT molecular complexity index is 397. The van der Waals surface area contributed by atoms with E-state index in [1.807, 2.05) is 0 Å². The summed E-state index contributed by atoms with van der Waals surface area (Å²) in [6.45, 7) is 6.31. The van der Waals surface area contributed by atoms with Crippen LogP contribution in [0.4, 0.5) is 11.6 Å². The fourth-order valence-electron chi connectivity index (χ4n) is 2.44. The Balaban J connectivity index is 2.28. The topological polar surface area (TPSA) is 41.1 Å². The minimum atomic E-state index is 0.549. The van der Waals surface area contributed by atoms with Crippen molar-refractivity contribution in [1.82, 2.24) is 9.97 Å². The van der Waals surface area contributed by atoms with E-state index in [2.05, 4.69) is 50.0 Å². The lowest BCUT2D eigenvalue weighted by molar-refractivity contribution is 0.610. The Morgan fingerprint density at radius 1 is 1.39 bits per heavy atom. The Labute approximate surface area is 117 Å². The molecule has 1 aliphatic heterocycles. The van der Waals surface area contributed by atoms with Crippen molar-refractivity contribution in [2.45, 2.75) is 45.6 Å². The largest absolute Gasteiger partial charge is 0.369 e. The first-order chi connectivity index (χ1) is 8.74. The maximum Gasteiger partial charge on any atom is 0.148 e. The summed E-state index contributed by atoms with van der Waals surface area (Å²) in [6, 6.07) is 0.549. The van der Waals surface area contributed by atoms with Crippen LogP contribution in [0.2, 0.25) is 0 Å². The summed E-state index contributed by atoms with van der Waals surface area (Å²) in [5.74, 6) is 1.91. The van der Waals surface area contributed by atoms with Crippen LogP contribution in [-0.4, -0.2) is 29.1 Å². The third-order valence-electron chi connectivity index (χ3n) is 3.44. The standard InChI is InChI=1S/C13H21BrN4/c1-3-15-12-11(14)13(17-9-16-12)18-8-6-4-5-7-10(18)2/h9-10H,3-8H2,1-2H3,(H,15,16,17). The molecule has 1 atom stereocenters. The third-order valence-corrected chi connectivity index (χ3v) is 4.17. The van der Waals surface area contributed by atoms with Crippen LogP contribution in [0.5, 0.6) is 0 Å². The lowest BCUT2D eigenvalue weighted by Crippen LogP contribution is -2.33. The van der Waals surface area contributed by atoms with Gasteiger partial charge in [0.1, 0.15) is 22.4 Å². The van der Waals surface area contributed by atoms with Crippen LogP contribution in [0.25, 0.3) is 0 Å². The van der Waals surface area contributed by atoms with E-state index in [1.54, 1.807) is 6.33 Å². The number of aromatic nitrogens is 2. The van der Waals surface area contributed by atoms with E-state index in [-0.39, 0.29) is 0 Å². The second-order valence-electron chi connectivity index (χ2n) is 4.78. The van der Waals surface area contributed by atoms with E-state index in [1.165, 1.54) is 25.7 Å². The number of nitrogens with zero attached hydrogens (tertiary/aromatic N) is 3. The summed E-state index contributed by atoms with van der Waals surface area (Å²) in [5.41, 5.74) is 0. The van der Waals surface area contributed by atoms with E-state index < -0.39 is 0 Å². The predicted octanol–water partition coefficient (Wildman–Crippen LogP) is 3.44. The predicted molar refractivity (Wildman–Crippen MR) is 79.2 cm³/mol. The van der Waals surface area contributed by atoms with Gasteiger partial charge in [-0.05, 0) is 42.6 Å². The summed E-state index contributed by atoms with van der Waals surface area (Å²) < 4.78 is 0.987. The van der Waals surface area contributed by atoms with Gasteiger partial charge in [0.05, 0.1) is 0 Å². The van der Waals surface area contributed by atoms with Crippen LogP contribution in [0.1, 0.15) is 39.5 Å². The molecule has 1 unspecified atom stereocenters. The van der Waals surface area contributed by atoms with Crippen molar-refractivity contribution >= 4 is 27.6 Å². The highest BCUT2D eigenvalue weighted by molar-refractivity contribution is 9.10. The van der Waals surface area contributed by atoms with Crippen molar-refractivity contribution in [2.75, 3.05) is 23.3 Å². The fraction of sp³-hybridized carbons (Fsp3) is 0.692. The molecule has 2 heterocycles. The zero-order chi connectivity index (χ0) is 13.0. The molecule has 100 valence electrons. The van der Waals surface area contributed by atoms with E-state index in [4.69, 9.17) is 0 Å². The first-order valence-corrected chi connectivity index (χ1v) is 7.54. The molecule has 1 saturated heterocycles. The molecule has 1 aliphatic rings. The highest BCUT2D eigenvalue weighted by Gasteiger charge is 2.21. The van der Waals surface area contributed by atoms with Gasteiger partial charge in [0.25, 0.3) is 0 Å². The highest BCUT2D eigenvalue weighted by atomic mass is 79.9. The Hall–Kier alpha value is -0.840. The number of hydrogen-bond acceptors (Lipinski definition) is 4. The average molecular weight is 313 g/mol. The molecule has 1 N–H and O–H groups in total. The average Bonchev–Trinajstić information content (AvgIpc) is 2.57. The van der Waals surface area contributed by atoms with Gasteiger partial charge in [-0.15, -0.1) is 0 Å². The molecule has 0 amide bonds. The number of hydrogen-bond donors (Lipinski definition) is 1. The molecule has 0 radical (unpaired) electrons. The lowest BCUT2D eigenvalue weighted by Gasteiger charge is -2.29. The lowest BCUT2D eigenvalue weighted by atomic mass is 10.1. The van der Waals surface area contributed by atoms with Gasteiger partial charge in [-0.25, -0.2) is 9.97 Å². The van der Waals surface area contributed by atoms with E-state index in [0.29, 0.717) is 6.04 Å². The smallest absolute Gasteiger partial charge is 0.148 e. The molecule has 2 rings (SSSR count). The minimum absolute atomic E-state index is 0.549. The number of halogens is 1. The Morgan fingerprint density at radius 3 is 3.00 bits per heavy atom. The van der Waals surface area contributed by atoms with Gasteiger partial charge >= 0.3 is 0 Å². The minimum Gasteiger partial charge on any atom is -0.369 e. The summed E-state index contributed by atoms with van der Waals surface area (Å²) in [7, 11) is 0. The van der Waals surface area contributed by atoms with Crippen LogP contribution >= 0.6 is 15.9 Å². The van der Waals surface area contributed by atoms with Crippen LogP contribution in [0.3, 0.4) is 0 Å². The van der Waals surface area contributed by atoms with Crippen molar-refractivity contribution in [3.8, 4) is 0 Å². The van der Waals surface area contributed by atoms with Crippen molar-refractivity contribution in [3.05, 3.63) is 10.8 Å². The Kier molecular flexibility index (Phi) is 4.80. The van der Waals surface area contributed by atoms with Crippen LogP contribution in [0, 0.1) is 0 Å². The van der Waals surface area contributed by atoms with Gasteiger partial charge in [0.15, 0.2) is 0 Å². The van der Waals surface area contributed by atoms with Crippen LogP contribution in [0.15, 0.2) is 10.8 Å². The molecule has 0 aliphatic carbocycles. The number of nitrogens with one attached hydrogen (secondary N) is 1. The molecule has 4 nitrogen and oxygen atoms in total. The second-order valence-corrected chi connectivity index (χ2v) is 5.57. The van der Waals surface area contributed by atoms with Crippen molar-refractivity contribution in [1.29, 1.82) is 0 Å². The molecular formula is C13H21BrN4. The highest BCUT2D eigenvalue weighted by Crippen LogP contribution is 2.32. The first-order valence-electron chi connectivity index (χ1n) is 6.75. The molecule has 0 saturated carbocycles. The molecule has 18 heavy (non-hydrogen) atoms. The Morgan fingerprint density at radius 2 is 2.22 bits per heavy atom. The van der Waals surface area contributed by atoms with Crippen molar-refractivity contribution < 1.29 is 0 Å². The molecular weight excluding hydrogens is 292 g/mol. The second kappa shape index (κ2) is 6.36. The van der Waals surface area contributed by atoms with Gasteiger partial charge in [-0.2, -0.15) is 0 Å². The quantitative estimate of drug-likeness (QED) is 0.928. The molecule has 1 aromatic rings. The van der Waals surface area contributed by atoms with Crippen molar-refractivity contribution in [2.24, 2.45) is 0 Å².